The quantitative estimate of drug-likeness (QED) is 0.745. The summed E-state index contributed by atoms with van der Waals surface area (Å²) in [5, 5.41) is 10.3. The normalized spacial score (nSPS) is 24.7. The second-order valence-electron chi connectivity index (χ2n) is 7.86. The molecule has 27 heavy (non-hydrogen) atoms. The highest BCUT2D eigenvalue weighted by atomic mass is 32.1. The standard InChI is InChI=1S/C20H26N4O2S/c1-12(17-10-13-3-4-15(17)9-13)21-18(25)11-24-19(22-23-20(24)27)14-5-7-16(26-2)8-6-14/h5-8,12-13,15,17H,3-4,9-11H2,1-2H3,(H,21,25)(H,23,27). The van der Waals surface area contributed by atoms with Gasteiger partial charge in [0.15, 0.2) is 10.6 Å². The summed E-state index contributed by atoms with van der Waals surface area (Å²) >= 11 is 5.34. The molecule has 7 heteroatoms. The number of hydrogen-bond acceptors (Lipinski definition) is 4. The number of fused-ring (bicyclic) bond motifs is 2. The molecule has 0 saturated heterocycles. The van der Waals surface area contributed by atoms with Crippen molar-refractivity contribution in [2.24, 2.45) is 17.8 Å². The van der Waals surface area contributed by atoms with Crippen molar-refractivity contribution in [3.8, 4) is 17.1 Å². The minimum atomic E-state index is -0.0162. The van der Waals surface area contributed by atoms with Crippen LogP contribution in [0.3, 0.4) is 0 Å². The maximum absolute atomic E-state index is 12.7. The highest BCUT2D eigenvalue weighted by Gasteiger charge is 2.42. The van der Waals surface area contributed by atoms with Crippen LogP contribution in [0.4, 0.5) is 0 Å². The van der Waals surface area contributed by atoms with Crippen LogP contribution in [0.25, 0.3) is 11.4 Å². The van der Waals surface area contributed by atoms with Gasteiger partial charge in [0.25, 0.3) is 0 Å². The van der Waals surface area contributed by atoms with E-state index in [1.54, 1.807) is 11.7 Å². The Morgan fingerprint density at radius 3 is 2.78 bits per heavy atom. The van der Waals surface area contributed by atoms with Gasteiger partial charge in [0, 0.05) is 11.6 Å². The van der Waals surface area contributed by atoms with E-state index in [4.69, 9.17) is 17.0 Å². The first-order valence-electron chi connectivity index (χ1n) is 9.64. The molecule has 1 aromatic carbocycles. The van der Waals surface area contributed by atoms with E-state index in [0.29, 0.717) is 16.5 Å². The summed E-state index contributed by atoms with van der Waals surface area (Å²) in [5.41, 5.74) is 0.886. The van der Waals surface area contributed by atoms with Gasteiger partial charge in [-0.2, -0.15) is 5.10 Å². The molecule has 4 atom stereocenters. The molecular formula is C20H26N4O2S. The van der Waals surface area contributed by atoms with Crippen LogP contribution in [0.2, 0.25) is 0 Å². The van der Waals surface area contributed by atoms with Crippen LogP contribution < -0.4 is 10.1 Å². The van der Waals surface area contributed by atoms with Crippen LogP contribution in [0.1, 0.15) is 32.6 Å². The Morgan fingerprint density at radius 2 is 2.15 bits per heavy atom. The van der Waals surface area contributed by atoms with Gasteiger partial charge in [-0.15, -0.1) is 0 Å². The Kier molecular flexibility index (Phi) is 5.04. The molecule has 0 aliphatic heterocycles. The molecule has 4 unspecified atom stereocenters. The van der Waals surface area contributed by atoms with Gasteiger partial charge in [-0.25, -0.2) is 0 Å². The Hall–Kier alpha value is -2.15. The van der Waals surface area contributed by atoms with Gasteiger partial charge in [0.1, 0.15) is 12.3 Å². The summed E-state index contributed by atoms with van der Waals surface area (Å²) in [6, 6.07) is 7.77. The third-order valence-electron chi connectivity index (χ3n) is 6.23. The van der Waals surface area contributed by atoms with Crippen molar-refractivity contribution in [3.05, 3.63) is 29.0 Å². The molecule has 2 fully saturated rings. The van der Waals surface area contributed by atoms with Gasteiger partial charge in [-0.3, -0.25) is 14.5 Å². The molecule has 1 heterocycles. The van der Waals surface area contributed by atoms with Crippen molar-refractivity contribution in [1.29, 1.82) is 0 Å². The molecule has 2 bridgehead atoms. The van der Waals surface area contributed by atoms with Crippen molar-refractivity contribution in [3.63, 3.8) is 0 Å². The number of H-pyrrole nitrogens is 1. The lowest BCUT2D eigenvalue weighted by atomic mass is 9.84. The largest absolute Gasteiger partial charge is 0.497 e. The van der Waals surface area contributed by atoms with E-state index in [-0.39, 0.29) is 18.5 Å². The van der Waals surface area contributed by atoms with E-state index >= 15 is 0 Å². The molecule has 2 saturated carbocycles. The first kappa shape index (κ1) is 18.2. The smallest absolute Gasteiger partial charge is 0.240 e. The van der Waals surface area contributed by atoms with E-state index in [9.17, 15) is 4.79 Å². The molecule has 2 N–H and O–H groups in total. The second kappa shape index (κ2) is 7.46. The number of aromatic nitrogens is 3. The molecular weight excluding hydrogens is 360 g/mol. The fraction of sp³-hybridized carbons (Fsp3) is 0.550. The SMILES string of the molecule is COc1ccc(-c2n[nH]c(=S)n2CC(=O)NC(C)C2CC3CCC2C3)cc1. The number of carbonyl (C=O) groups excluding carboxylic acids is 1. The predicted octanol–water partition coefficient (Wildman–Crippen LogP) is 3.56. The molecule has 2 aliphatic rings. The zero-order chi connectivity index (χ0) is 19.0. The highest BCUT2D eigenvalue weighted by molar-refractivity contribution is 7.71. The van der Waals surface area contributed by atoms with Crippen molar-refractivity contribution >= 4 is 18.1 Å². The molecule has 2 aromatic rings. The number of aromatic amines is 1. The van der Waals surface area contributed by atoms with E-state index in [1.807, 2.05) is 24.3 Å². The van der Waals surface area contributed by atoms with Gasteiger partial charge in [0.05, 0.1) is 7.11 Å². The van der Waals surface area contributed by atoms with Crippen LogP contribution in [0, 0.1) is 22.5 Å². The van der Waals surface area contributed by atoms with Crippen LogP contribution in [-0.4, -0.2) is 33.8 Å². The number of amides is 1. The van der Waals surface area contributed by atoms with Gasteiger partial charge < -0.3 is 10.1 Å². The van der Waals surface area contributed by atoms with E-state index < -0.39 is 0 Å². The number of hydrogen-bond donors (Lipinski definition) is 2. The Labute approximate surface area is 164 Å². The van der Waals surface area contributed by atoms with Crippen molar-refractivity contribution < 1.29 is 9.53 Å². The molecule has 0 radical (unpaired) electrons. The molecule has 1 aromatic heterocycles. The zero-order valence-electron chi connectivity index (χ0n) is 15.8. The number of nitrogens with zero attached hydrogens (tertiary/aromatic N) is 2. The van der Waals surface area contributed by atoms with Crippen LogP contribution in [-0.2, 0) is 11.3 Å². The lowest BCUT2D eigenvalue weighted by Gasteiger charge is -2.28. The predicted molar refractivity (Wildman–Crippen MR) is 106 cm³/mol. The Bertz CT molecular complexity index is 873. The molecule has 0 spiro atoms. The fourth-order valence-corrected chi connectivity index (χ4v) is 5.08. The van der Waals surface area contributed by atoms with Crippen molar-refractivity contribution in [2.45, 2.75) is 45.2 Å². The number of carbonyl (C=O) groups is 1. The third kappa shape index (κ3) is 3.65. The van der Waals surface area contributed by atoms with E-state index in [1.165, 1.54) is 25.7 Å². The van der Waals surface area contributed by atoms with Crippen molar-refractivity contribution in [2.75, 3.05) is 7.11 Å². The topological polar surface area (TPSA) is 71.9 Å². The maximum atomic E-state index is 12.7. The monoisotopic (exact) mass is 386 g/mol. The number of methoxy groups -OCH3 is 1. The Balaban J connectivity index is 1.45. The number of benzene rings is 1. The molecule has 2 aliphatic carbocycles. The molecule has 1 amide bonds. The van der Waals surface area contributed by atoms with E-state index in [0.717, 1.165) is 23.1 Å². The summed E-state index contributed by atoms with van der Waals surface area (Å²) in [7, 11) is 1.63. The second-order valence-corrected chi connectivity index (χ2v) is 8.25. The first-order valence-corrected chi connectivity index (χ1v) is 10.0. The average molecular weight is 387 g/mol. The average Bonchev–Trinajstić information content (AvgIpc) is 3.39. The summed E-state index contributed by atoms with van der Waals surface area (Å²) in [4.78, 5) is 12.7. The zero-order valence-corrected chi connectivity index (χ0v) is 16.6. The van der Waals surface area contributed by atoms with Crippen LogP contribution in [0.15, 0.2) is 24.3 Å². The Morgan fingerprint density at radius 1 is 1.37 bits per heavy atom. The molecule has 6 nitrogen and oxygen atoms in total. The number of rotatable bonds is 6. The summed E-state index contributed by atoms with van der Waals surface area (Å²) in [6.45, 7) is 2.31. The van der Waals surface area contributed by atoms with Gasteiger partial charge in [-0.1, -0.05) is 6.42 Å². The lowest BCUT2D eigenvalue weighted by Crippen LogP contribution is -2.41. The number of ether oxygens (including phenoxy) is 1. The first-order chi connectivity index (χ1) is 13.0. The van der Waals surface area contributed by atoms with Gasteiger partial charge in [0.2, 0.25) is 5.91 Å². The lowest BCUT2D eigenvalue weighted by molar-refractivity contribution is -0.122. The number of nitrogens with one attached hydrogen (secondary N) is 2. The summed E-state index contributed by atoms with van der Waals surface area (Å²) in [5.74, 6) is 3.70. The summed E-state index contributed by atoms with van der Waals surface area (Å²) < 4.78 is 7.40. The molecule has 144 valence electrons. The minimum absolute atomic E-state index is 0.0162. The van der Waals surface area contributed by atoms with Gasteiger partial charge in [-0.05, 0) is 80.4 Å². The molecule has 4 rings (SSSR count). The van der Waals surface area contributed by atoms with Crippen LogP contribution in [0.5, 0.6) is 5.75 Å². The van der Waals surface area contributed by atoms with Crippen molar-refractivity contribution in [1.82, 2.24) is 20.1 Å². The van der Waals surface area contributed by atoms with Crippen LogP contribution >= 0.6 is 12.2 Å². The van der Waals surface area contributed by atoms with E-state index in [2.05, 4.69) is 22.4 Å². The third-order valence-corrected chi connectivity index (χ3v) is 6.54. The minimum Gasteiger partial charge on any atom is -0.497 e. The summed E-state index contributed by atoms with van der Waals surface area (Å²) in [6.07, 6.45) is 5.30. The fourth-order valence-electron chi connectivity index (χ4n) is 4.88. The maximum Gasteiger partial charge on any atom is 0.240 e. The highest BCUT2D eigenvalue weighted by Crippen LogP contribution is 2.49. The van der Waals surface area contributed by atoms with Gasteiger partial charge >= 0.3 is 0 Å².